The zero-order valence-corrected chi connectivity index (χ0v) is 9.61. The lowest BCUT2D eigenvalue weighted by atomic mass is 10.1. The number of halogens is 3. The Morgan fingerprint density at radius 3 is 2.22 bits per heavy atom. The maximum absolute atomic E-state index is 12.3. The molecule has 1 aromatic carbocycles. The van der Waals surface area contributed by atoms with E-state index in [1.807, 2.05) is 0 Å². The van der Waals surface area contributed by atoms with Gasteiger partial charge in [0.05, 0.1) is 18.8 Å². The third kappa shape index (κ3) is 3.58. The highest BCUT2D eigenvalue weighted by Crippen LogP contribution is 2.29. The van der Waals surface area contributed by atoms with Crippen LogP contribution < -0.4 is 0 Å². The van der Waals surface area contributed by atoms with Crippen molar-refractivity contribution in [1.82, 2.24) is 0 Å². The number of ether oxygens (including phenoxy) is 2. The summed E-state index contributed by atoms with van der Waals surface area (Å²) in [5.41, 5.74) is 0.0330. The lowest BCUT2D eigenvalue weighted by Gasteiger charge is -2.20. The molecule has 1 aliphatic heterocycles. The van der Waals surface area contributed by atoms with Gasteiger partial charge in [-0.3, -0.25) is 0 Å². The second kappa shape index (κ2) is 5.54. The van der Waals surface area contributed by atoms with Crippen molar-refractivity contribution >= 4 is 6.08 Å². The monoisotopic (exact) mass is 258 g/mol. The Morgan fingerprint density at radius 1 is 1.06 bits per heavy atom. The average Bonchev–Trinajstić information content (AvgIpc) is 2.37. The summed E-state index contributed by atoms with van der Waals surface area (Å²) in [6, 6.07) is 4.95. The van der Waals surface area contributed by atoms with Crippen molar-refractivity contribution in [2.75, 3.05) is 13.2 Å². The second-order valence-corrected chi connectivity index (χ2v) is 3.94. The van der Waals surface area contributed by atoms with E-state index in [9.17, 15) is 13.2 Å². The van der Waals surface area contributed by atoms with Crippen LogP contribution in [0.15, 0.2) is 30.3 Å². The Balaban J connectivity index is 1.99. The predicted molar refractivity (Wildman–Crippen MR) is 60.8 cm³/mol. The van der Waals surface area contributed by atoms with Gasteiger partial charge in [-0.15, -0.1) is 0 Å². The Kier molecular flexibility index (Phi) is 4.04. The van der Waals surface area contributed by atoms with E-state index in [1.165, 1.54) is 12.1 Å². The van der Waals surface area contributed by atoms with Crippen LogP contribution in [0.4, 0.5) is 13.2 Å². The predicted octanol–water partition coefficient (Wildman–Crippen LogP) is 3.48. The van der Waals surface area contributed by atoms with E-state index in [1.54, 1.807) is 12.2 Å². The van der Waals surface area contributed by atoms with Gasteiger partial charge in [0.2, 0.25) is 0 Å². The quantitative estimate of drug-likeness (QED) is 0.808. The molecule has 1 aliphatic rings. The van der Waals surface area contributed by atoms with Crippen molar-refractivity contribution in [2.45, 2.75) is 18.9 Å². The summed E-state index contributed by atoms with van der Waals surface area (Å²) < 4.78 is 47.6. The lowest BCUT2D eigenvalue weighted by Crippen LogP contribution is -2.22. The van der Waals surface area contributed by atoms with E-state index < -0.39 is 18.0 Å². The van der Waals surface area contributed by atoms with Crippen LogP contribution in [-0.2, 0) is 15.7 Å². The highest BCUT2D eigenvalue weighted by molar-refractivity contribution is 5.50. The molecule has 0 saturated carbocycles. The highest BCUT2D eigenvalue weighted by atomic mass is 19.4. The molecule has 0 radical (unpaired) electrons. The first-order chi connectivity index (χ1) is 8.55. The van der Waals surface area contributed by atoms with Gasteiger partial charge in [0.15, 0.2) is 6.29 Å². The molecule has 2 nitrogen and oxygen atoms in total. The van der Waals surface area contributed by atoms with Gasteiger partial charge in [-0.25, -0.2) is 0 Å². The second-order valence-electron chi connectivity index (χ2n) is 3.94. The van der Waals surface area contributed by atoms with Crippen molar-refractivity contribution in [3.63, 3.8) is 0 Å². The summed E-state index contributed by atoms with van der Waals surface area (Å²) in [6.45, 7) is 1.28. The minimum absolute atomic E-state index is 0.402. The summed E-state index contributed by atoms with van der Waals surface area (Å²) in [5.74, 6) is 0. The summed E-state index contributed by atoms with van der Waals surface area (Å²) in [5, 5.41) is 0. The van der Waals surface area contributed by atoms with Crippen LogP contribution in [0.5, 0.6) is 0 Å². The minimum atomic E-state index is -4.29. The van der Waals surface area contributed by atoms with E-state index in [0.717, 1.165) is 18.6 Å². The third-order valence-electron chi connectivity index (χ3n) is 2.54. The first kappa shape index (κ1) is 13.1. The SMILES string of the molecule is FC(F)(F)c1ccc(/C=C/C2OCCCO2)cc1. The number of rotatable bonds is 2. The molecule has 1 saturated heterocycles. The molecule has 2 rings (SSSR count). The Morgan fingerprint density at radius 2 is 1.67 bits per heavy atom. The maximum atomic E-state index is 12.3. The standard InChI is InChI=1S/C13H13F3O2/c14-13(15,16)11-5-2-10(3-6-11)4-7-12-17-8-1-9-18-12/h2-7,12H,1,8-9H2/b7-4+. The van der Waals surface area contributed by atoms with Gasteiger partial charge in [0.1, 0.15) is 0 Å². The third-order valence-corrected chi connectivity index (χ3v) is 2.54. The largest absolute Gasteiger partial charge is 0.416 e. The van der Waals surface area contributed by atoms with Crippen molar-refractivity contribution in [3.8, 4) is 0 Å². The van der Waals surface area contributed by atoms with Crippen LogP contribution in [0.1, 0.15) is 17.5 Å². The zero-order chi connectivity index (χ0) is 13.0. The van der Waals surface area contributed by atoms with E-state index in [2.05, 4.69) is 0 Å². The van der Waals surface area contributed by atoms with Gasteiger partial charge in [0, 0.05) is 0 Å². The Labute approximate surface area is 103 Å². The molecule has 0 unspecified atom stereocenters. The molecule has 98 valence electrons. The number of hydrogen-bond acceptors (Lipinski definition) is 2. The van der Waals surface area contributed by atoms with E-state index in [0.29, 0.717) is 18.8 Å². The molecule has 0 bridgehead atoms. The molecule has 5 heteroatoms. The molecule has 0 spiro atoms. The van der Waals surface area contributed by atoms with E-state index in [-0.39, 0.29) is 0 Å². The highest BCUT2D eigenvalue weighted by Gasteiger charge is 2.29. The summed E-state index contributed by atoms with van der Waals surface area (Å²) in [4.78, 5) is 0. The molecule has 1 fully saturated rings. The van der Waals surface area contributed by atoms with Crippen molar-refractivity contribution in [2.24, 2.45) is 0 Å². The van der Waals surface area contributed by atoms with Gasteiger partial charge in [-0.1, -0.05) is 18.2 Å². The molecule has 0 aliphatic carbocycles. The minimum Gasteiger partial charge on any atom is -0.349 e. The first-order valence-electron chi connectivity index (χ1n) is 5.64. The molecule has 0 amide bonds. The summed E-state index contributed by atoms with van der Waals surface area (Å²) in [7, 11) is 0. The fourth-order valence-electron chi connectivity index (χ4n) is 1.59. The molecule has 1 aromatic rings. The van der Waals surface area contributed by atoms with E-state index >= 15 is 0 Å². The topological polar surface area (TPSA) is 18.5 Å². The van der Waals surface area contributed by atoms with Gasteiger partial charge in [-0.2, -0.15) is 13.2 Å². The number of alkyl halides is 3. The molecule has 0 atom stereocenters. The number of hydrogen-bond donors (Lipinski definition) is 0. The van der Waals surface area contributed by atoms with Crippen molar-refractivity contribution in [1.29, 1.82) is 0 Å². The van der Waals surface area contributed by atoms with Gasteiger partial charge in [-0.05, 0) is 30.2 Å². The Hall–Kier alpha value is -1.33. The number of benzene rings is 1. The molecule has 0 N–H and O–H groups in total. The fourth-order valence-corrected chi connectivity index (χ4v) is 1.59. The van der Waals surface area contributed by atoms with Crippen LogP contribution in [0.3, 0.4) is 0 Å². The molecule has 1 heterocycles. The van der Waals surface area contributed by atoms with Gasteiger partial charge < -0.3 is 9.47 Å². The van der Waals surface area contributed by atoms with Gasteiger partial charge in [0.25, 0.3) is 0 Å². The first-order valence-corrected chi connectivity index (χ1v) is 5.64. The summed E-state index contributed by atoms with van der Waals surface area (Å²) in [6.07, 6.45) is -0.443. The average molecular weight is 258 g/mol. The maximum Gasteiger partial charge on any atom is 0.416 e. The van der Waals surface area contributed by atoms with Gasteiger partial charge >= 0.3 is 6.18 Å². The van der Waals surface area contributed by atoms with Crippen molar-refractivity contribution in [3.05, 3.63) is 41.5 Å². The molecule has 0 aromatic heterocycles. The normalized spacial score (nSPS) is 18.4. The van der Waals surface area contributed by atoms with E-state index in [4.69, 9.17) is 9.47 Å². The van der Waals surface area contributed by atoms with Crippen LogP contribution in [0.2, 0.25) is 0 Å². The van der Waals surface area contributed by atoms with Crippen LogP contribution in [0.25, 0.3) is 6.08 Å². The molecule has 18 heavy (non-hydrogen) atoms. The van der Waals surface area contributed by atoms with Crippen LogP contribution in [0, 0.1) is 0 Å². The fraction of sp³-hybridized carbons (Fsp3) is 0.385. The molecular weight excluding hydrogens is 245 g/mol. The van der Waals surface area contributed by atoms with Crippen molar-refractivity contribution < 1.29 is 22.6 Å². The Bertz CT molecular complexity index is 403. The zero-order valence-electron chi connectivity index (χ0n) is 9.61. The molecular formula is C13H13F3O2. The summed E-state index contributed by atoms with van der Waals surface area (Å²) >= 11 is 0. The lowest BCUT2D eigenvalue weighted by molar-refractivity contribution is -0.149. The smallest absolute Gasteiger partial charge is 0.349 e. The van der Waals surface area contributed by atoms with Crippen LogP contribution >= 0.6 is 0 Å². The van der Waals surface area contributed by atoms with Crippen LogP contribution in [-0.4, -0.2) is 19.5 Å².